The van der Waals surface area contributed by atoms with E-state index in [0.717, 1.165) is 15.4 Å². The van der Waals surface area contributed by atoms with Crippen LogP contribution < -0.4 is 0 Å². The maximum atomic E-state index is 11.1. The van der Waals surface area contributed by atoms with Gasteiger partial charge < -0.3 is 5.11 Å². The molecule has 0 fully saturated rings. The fourth-order valence-electron chi connectivity index (χ4n) is 1.75. The number of carboxylic acid groups (broad SMARTS) is 1. The summed E-state index contributed by atoms with van der Waals surface area (Å²) in [5.74, 6) is -0.971. The summed E-state index contributed by atoms with van der Waals surface area (Å²) < 4.78 is 0.552. The van der Waals surface area contributed by atoms with Crippen LogP contribution in [0.3, 0.4) is 0 Å². The molecule has 1 aromatic carbocycles. The number of nitrogens with zero attached hydrogens (tertiary/aromatic N) is 3. The van der Waals surface area contributed by atoms with Crippen molar-refractivity contribution in [1.29, 1.82) is 0 Å². The van der Waals surface area contributed by atoms with E-state index in [1.807, 2.05) is 18.2 Å². The highest BCUT2D eigenvalue weighted by Gasteiger charge is 2.10. The summed E-state index contributed by atoms with van der Waals surface area (Å²) >= 11 is 4.60. The van der Waals surface area contributed by atoms with E-state index in [9.17, 15) is 4.79 Å². The third-order valence-corrected chi connectivity index (χ3v) is 4.31. The van der Waals surface area contributed by atoms with E-state index in [4.69, 9.17) is 5.11 Å². The zero-order valence-electron chi connectivity index (χ0n) is 10.5. The third kappa shape index (κ3) is 3.03. The zero-order valence-corrected chi connectivity index (χ0v) is 12.9. The zero-order chi connectivity index (χ0) is 14.8. The monoisotopic (exact) mass is 361 g/mol. The summed E-state index contributed by atoms with van der Waals surface area (Å²) in [7, 11) is 0. The Bertz CT molecular complexity index is 841. The molecule has 0 aliphatic carbocycles. The van der Waals surface area contributed by atoms with Crippen LogP contribution in [0.2, 0.25) is 0 Å². The number of hydrogen-bond donors (Lipinski definition) is 1. The van der Waals surface area contributed by atoms with Crippen LogP contribution in [-0.2, 0) is 0 Å². The van der Waals surface area contributed by atoms with Crippen LogP contribution >= 0.6 is 27.7 Å². The smallest absolute Gasteiger partial charge is 0.336 e. The van der Waals surface area contributed by atoms with Crippen molar-refractivity contribution in [3.8, 4) is 0 Å². The van der Waals surface area contributed by atoms with Crippen molar-refractivity contribution in [2.24, 2.45) is 0 Å². The maximum Gasteiger partial charge on any atom is 0.336 e. The van der Waals surface area contributed by atoms with Gasteiger partial charge in [-0.1, -0.05) is 11.8 Å². The molecule has 0 aliphatic rings. The van der Waals surface area contributed by atoms with Gasteiger partial charge in [-0.2, -0.15) is 0 Å². The van der Waals surface area contributed by atoms with Gasteiger partial charge in [-0.3, -0.25) is 4.98 Å². The minimum atomic E-state index is -0.971. The van der Waals surface area contributed by atoms with Crippen LogP contribution in [0.5, 0.6) is 0 Å². The topological polar surface area (TPSA) is 76.0 Å². The van der Waals surface area contributed by atoms with E-state index in [2.05, 4.69) is 30.9 Å². The average molecular weight is 362 g/mol. The van der Waals surface area contributed by atoms with Gasteiger partial charge in [-0.15, -0.1) is 0 Å². The second-order valence-corrected chi connectivity index (χ2v) is 6.05. The first-order valence-corrected chi connectivity index (χ1v) is 7.53. The number of carbonyl (C=O) groups is 1. The summed E-state index contributed by atoms with van der Waals surface area (Å²) in [6.07, 6.45) is 3.20. The molecular formula is C14H8BrN3O2S. The molecule has 104 valence electrons. The van der Waals surface area contributed by atoms with Crippen LogP contribution in [0, 0.1) is 0 Å². The van der Waals surface area contributed by atoms with Crippen molar-refractivity contribution in [2.45, 2.75) is 9.92 Å². The van der Waals surface area contributed by atoms with Crippen molar-refractivity contribution in [3.63, 3.8) is 0 Å². The highest BCUT2D eigenvalue weighted by Crippen LogP contribution is 2.30. The van der Waals surface area contributed by atoms with Gasteiger partial charge in [-0.25, -0.2) is 14.8 Å². The number of aromatic nitrogens is 3. The molecule has 1 N–H and O–H groups in total. The summed E-state index contributed by atoms with van der Waals surface area (Å²) in [5.41, 5.74) is 1.52. The lowest BCUT2D eigenvalue weighted by molar-refractivity contribution is 0.0695. The van der Waals surface area contributed by atoms with Gasteiger partial charge >= 0.3 is 5.97 Å². The molecule has 0 atom stereocenters. The Balaban J connectivity index is 1.94. The molecule has 7 heteroatoms. The molecule has 0 spiro atoms. The van der Waals surface area contributed by atoms with Gasteiger partial charge in [0.25, 0.3) is 0 Å². The molecule has 3 rings (SSSR count). The molecule has 0 aliphatic heterocycles. The van der Waals surface area contributed by atoms with Gasteiger partial charge in [0.15, 0.2) is 5.65 Å². The summed E-state index contributed by atoms with van der Waals surface area (Å²) in [6, 6.07) is 8.84. The molecule has 2 heterocycles. The molecule has 0 saturated heterocycles. The predicted octanol–water partition coefficient (Wildman–Crippen LogP) is 3.64. The number of pyridine rings is 1. The number of aromatic carboxylic acids is 1. The van der Waals surface area contributed by atoms with Crippen LogP contribution in [-0.4, -0.2) is 26.0 Å². The summed E-state index contributed by atoms with van der Waals surface area (Å²) in [5, 5.41) is 9.86. The number of rotatable bonds is 3. The fourth-order valence-corrected chi connectivity index (χ4v) is 2.99. The molecule has 21 heavy (non-hydrogen) atoms. The largest absolute Gasteiger partial charge is 0.478 e. The van der Waals surface area contributed by atoms with Gasteiger partial charge in [0.1, 0.15) is 10.5 Å². The second-order valence-electron chi connectivity index (χ2n) is 4.10. The second kappa shape index (κ2) is 5.79. The molecule has 2 aromatic heterocycles. The van der Waals surface area contributed by atoms with Crippen molar-refractivity contribution in [2.75, 3.05) is 0 Å². The number of hydrogen-bond acceptors (Lipinski definition) is 5. The van der Waals surface area contributed by atoms with Crippen molar-refractivity contribution in [1.82, 2.24) is 15.0 Å². The normalized spacial score (nSPS) is 10.7. The minimum absolute atomic E-state index is 0.223. The first kappa shape index (κ1) is 14.0. The molecule has 5 nitrogen and oxygen atoms in total. The average Bonchev–Trinajstić information content (AvgIpc) is 2.49. The quantitative estimate of drug-likeness (QED) is 0.767. The van der Waals surface area contributed by atoms with E-state index < -0.39 is 5.97 Å². The Hall–Kier alpha value is -1.99. The van der Waals surface area contributed by atoms with Gasteiger partial charge in [0, 0.05) is 21.8 Å². The first-order valence-electron chi connectivity index (χ1n) is 5.92. The van der Waals surface area contributed by atoms with E-state index in [1.165, 1.54) is 11.8 Å². The Kier molecular flexibility index (Phi) is 3.85. The molecule has 0 saturated carbocycles. The molecule has 0 amide bonds. The van der Waals surface area contributed by atoms with E-state index in [1.54, 1.807) is 24.5 Å². The Labute approximate surface area is 132 Å². The summed E-state index contributed by atoms with van der Waals surface area (Å²) in [4.78, 5) is 24.6. The molecule has 0 unspecified atom stereocenters. The number of halogens is 1. The summed E-state index contributed by atoms with van der Waals surface area (Å²) in [6.45, 7) is 0. The Morgan fingerprint density at radius 3 is 2.76 bits per heavy atom. The SMILES string of the molecule is O=C(O)c1cc(Sc2ccc3nccnc3n2)ccc1Br. The van der Waals surface area contributed by atoms with Crippen LogP contribution in [0.25, 0.3) is 11.2 Å². The molecule has 0 bridgehead atoms. The lowest BCUT2D eigenvalue weighted by Crippen LogP contribution is -1.97. The highest BCUT2D eigenvalue weighted by molar-refractivity contribution is 9.10. The Morgan fingerprint density at radius 1 is 1.14 bits per heavy atom. The van der Waals surface area contributed by atoms with Crippen molar-refractivity contribution < 1.29 is 9.90 Å². The molecular weight excluding hydrogens is 354 g/mol. The van der Waals surface area contributed by atoms with Gasteiger partial charge in [0.05, 0.1) is 5.56 Å². The first-order chi connectivity index (χ1) is 10.1. The fraction of sp³-hybridized carbons (Fsp3) is 0. The van der Waals surface area contributed by atoms with Gasteiger partial charge in [0.2, 0.25) is 0 Å². The van der Waals surface area contributed by atoms with Crippen molar-refractivity contribution in [3.05, 3.63) is 52.8 Å². The van der Waals surface area contributed by atoms with E-state index >= 15 is 0 Å². The van der Waals surface area contributed by atoms with Crippen LogP contribution in [0.1, 0.15) is 10.4 Å². The van der Waals surface area contributed by atoms with E-state index in [-0.39, 0.29) is 5.56 Å². The molecule has 0 radical (unpaired) electrons. The lowest BCUT2D eigenvalue weighted by atomic mass is 10.2. The minimum Gasteiger partial charge on any atom is -0.478 e. The standard InChI is InChI=1S/C14H8BrN3O2S/c15-10-2-1-8(7-9(10)14(19)20)21-12-4-3-11-13(18-12)17-6-5-16-11/h1-7H,(H,19,20). The van der Waals surface area contributed by atoms with Gasteiger partial charge in [-0.05, 0) is 46.3 Å². The maximum absolute atomic E-state index is 11.1. The Morgan fingerprint density at radius 2 is 1.95 bits per heavy atom. The predicted molar refractivity (Wildman–Crippen MR) is 82.6 cm³/mol. The number of fused-ring (bicyclic) bond motifs is 1. The highest BCUT2D eigenvalue weighted by atomic mass is 79.9. The molecule has 3 aromatic rings. The van der Waals surface area contributed by atoms with Crippen LogP contribution in [0.15, 0.2) is 57.1 Å². The number of carboxylic acids is 1. The van der Waals surface area contributed by atoms with Crippen LogP contribution in [0.4, 0.5) is 0 Å². The van der Waals surface area contributed by atoms with Crippen molar-refractivity contribution >= 4 is 44.8 Å². The number of benzene rings is 1. The van der Waals surface area contributed by atoms with E-state index in [0.29, 0.717) is 10.1 Å². The third-order valence-electron chi connectivity index (χ3n) is 2.70. The lowest BCUT2D eigenvalue weighted by Gasteiger charge is -2.04.